The SMILES string of the molecule is CCOC(=O)C=C1CCC2C3C(CCC12C)c1ccc(OC2CCCCO2)cc1C[C@H]3C. The van der Waals surface area contributed by atoms with Crippen LogP contribution in [0.4, 0.5) is 0 Å². The Morgan fingerprint density at radius 2 is 2.12 bits per heavy atom. The van der Waals surface area contributed by atoms with E-state index >= 15 is 0 Å². The average Bonchev–Trinajstić information content (AvgIpc) is 3.10. The molecule has 0 aromatic heterocycles. The van der Waals surface area contributed by atoms with Crippen molar-refractivity contribution < 1.29 is 19.0 Å². The predicted octanol–water partition coefficient (Wildman–Crippen LogP) is 6.18. The number of carbonyl (C=O) groups is 1. The lowest BCUT2D eigenvalue weighted by Gasteiger charge is -2.52. The second kappa shape index (κ2) is 8.85. The Kier molecular flexibility index (Phi) is 6.09. The van der Waals surface area contributed by atoms with Gasteiger partial charge >= 0.3 is 5.97 Å². The quantitative estimate of drug-likeness (QED) is 0.416. The van der Waals surface area contributed by atoms with Crippen molar-refractivity contribution in [2.45, 2.75) is 84.3 Å². The molecular weight excluding hydrogens is 400 g/mol. The van der Waals surface area contributed by atoms with Crippen molar-refractivity contribution in [3.8, 4) is 5.75 Å². The molecule has 0 amide bonds. The maximum absolute atomic E-state index is 12.2. The first-order valence-corrected chi connectivity index (χ1v) is 12.8. The fraction of sp³-hybridized carbons (Fsp3) is 0.679. The van der Waals surface area contributed by atoms with Gasteiger partial charge in [-0.15, -0.1) is 0 Å². The summed E-state index contributed by atoms with van der Waals surface area (Å²) in [5, 5.41) is 0. The van der Waals surface area contributed by atoms with Gasteiger partial charge in [-0.3, -0.25) is 0 Å². The number of allylic oxidation sites excluding steroid dienone is 1. The van der Waals surface area contributed by atoms with Crippen LogP contribution >= 0.6 is 0 Å². The maximum atomic E-state index is 12.2. The predicted molar refractivity (Wildman–Crippen MR) is 125 cm³/mol. The molecule has 5 rings (SSSR count). The van der Waals surface area contributed by atoms with Crippen molar-refractivity contribution in [1.29, 1.82) is 0 Å². The summed E-state index contributed by atoms with van der Waals surface area (Å²) in [4.78, 5) is 12.2. The summed E-state index contributed by atoms with van der Waals surface area (Å²) in [5.41, 5.74) is 4.47. The Morgan fingerprint density at radius 3 is 2.91 bits per heavy atom. The molecule has 4 nitrogen and oxygen atoms in total. The molecule has 0 spiro atoms. The zero-order valence-electron chi connectivity index (χ0n) is 19.9. The molecule has 6 atom stereocenters. The standard InChI is InChI=1S/C28H38O4/c1-4-30-25(29)17-20-8-11-24-27-18(2)15-19-16-21(32-26-7-5-6-14-31-26)9-10-22(19)23(27)12-13-28(20,24)3/h9-10,16-18,23-24,26-27H,4-8,11-15H2,1-3H3/t18-,23?,24?,26?,27?,28?/m1/s1. The molecule has 0 radical (unpaired) electrons. The van der Waals surface area contributed by atoms with E-state index in [-0.39, 0.29) is 17.7 Å². The van der Waals surface area contributed by atoms with Gasteiger partial charge in [0.2, 0.25) is 0 Å². The average molecular weight is 439 g/mol. The van der Waals surface area contributed by atoms with E-state index < -0.39 is 0 Å². The largest absolute Gasteiger partial charge is 0.465 e. The first kappa shape index (κ1) is 22.0. The highest BCUT2D eigenvalue weighted by Crippen LogP contribution is 2.63. The fourth-order valence-corrected chi connectivity index (χ4v) is 7.40. The second-order valence-electron chi connectivity index (χ2n) is 10.7. The summed E-state index contributed by atoms with van der Waals surface area (Å²) in [7, 11) is 0. The van der Waals surface area contributed by atoms with E-state index in [1.165, 1.54) is 36.0 Å². The fourth-order valence-electron chi connectivity index (χ4n) is 7.40. The van der Waals surface area contributed by atoms with Gasteiger partial charge in [0.25, 0.3) is 0 Å². The third kappa shape index (κ3) is 3.89. The molecule has 0 bridgehead atoms. The lowest BCUT2D eigenvalue weighted by atomic mass is 9.52. The number of fused-ring (bicyclic) bond motifs is 5. The molecule has 1 aromatic rings. The molecule has 4 aliphatic rings. The van der Waals surface area contributed by atoms with Gasteiger partial charge in [-0.1, -0.05) is 25.5 Å². The minimum Gasteiger partial charge on any atom is -0.465 e. The Bertz CT molecular complexity index is 883. The molecule has 174 valence electrons. The van der Waals surface area contributed by atoms with E-state index in [1.54, 1.807) is 0 Å². The highest BCUT2D eigenvalue weighted by Gasteiger charge is 2.54. The summed E-state index contributed by atoms with van der Waals surface area (Å²) >= 11 is 0. The van der Waals surface area contributed by atoms with Crippen molar-refractivity contribution in [3.05, 3.63) is 41.0 Å². The Hall–Kier alpha value is -1.81. The van der Waals surface area contributed by atoms with Crippen LogP contribution < -0.4 is 4.74 Å². The molecule has 1 heterocycles. The van der Waals surface area contributed by atoms with Gasteiger partial charge in [0.1, 0.15) is 5.75 Å². The van der Waals surface area contributed by atoms with Crippen LogP contribution in [0.15, 0.2) is 29.8 Å². The second-order valence-corrected chi connectivity index (χ2v) is 10.7. The summed E-state index contributed by atoms with van der Waals surface area (Å²) in [6, 6.07) is 6.79. The topological polar surface area (TPSA) is 44.8 Å². The molecule has 1 saturated heterocycles. The third-order valence-electron chi connectivity index (χ3n) is 8.88. The number of carbonyl (C=O) groups excluding carboxylic acids is 1. The van der Waals surface area contributed by atoms with Gasteiger partial charge in [-0.05, 0) is 104 Å². The minimum atomic E-state index is -0.164. The number of rotatable bonds is 4. The van der Waals surface area contributed by atoms with Crippen molar-refractivity contribution in [2.75, 3.05) is 13.2 Å². The van der Waals surface area contributed by atoms with Crippen LogP contribution in [0.25, 0.3) is 0 Å². The van der Waals surface area contributed by atoms with Gasteiger partial charge in [0.15, 0.2) is 6.29 Å². The Labute approximate surface area is 192 Å². The van der Waals surface area contributed by atoms with Crippen LogP contribution in [0.2, 0.25) is 0 Å². The van der Waals surface area contributed by atoms with E-state index in [9.17, 15) is 4.79 Å². The van der Waals surface area contributed by atoms with E-state index in [0.717, 1.165) is 44.5 Å². The lowest BCUT2D eigenvalue weighted by molar-refractivity contribution is -0.137. The van der Waals surface area contributed by atoms with Crippen molar-refractivity contribution in [3.63, 3.8) is 0 Å². The third-order valence-corrected chi connectivity index (χ3v) is 8.88. The molecule has 1 aliphatic heterocycles. The Morgan fingerprint density at radius 1 is 1.25 bits per heavy atom. The number of benzene rings is 1. The van der Waals surface area contributed by atoms with Crippen molar-refractivity contribution >= 4 is 5.97 Å². The van der Waals surface area contributed by atoms with Crippen LogP contribution in [0.3, 0.4) is 0 Å². The maximum Gasteiger partial charge on any atom is 0.330 e. The summed E-state index contributed by atoms with van der Waals surface area (Å²) in [5.74, 6) is 3.39. The molecular formula is C28H38O4. The van der Waals surface area contributed by atoms with Crippen LogP contribution in [0.5, 0.6) is 5.75 Å². The molecule has 3 aliphatic carbocycles. The van der Waals surface area contributed by atoms with Crippen molar-refractivity contribution in [2.24, 2.45) is 23.2 Å². The van der Waals surface area contributed by atoms with Gasteiger partial charge in [-0.2, -0.15) is 0 Å². The highest BCUT2D eigenvalue weighted by molar-refractivity contribution is 5.83. The van der Waals surface area contributed by atoms with Gasteiger partial charge in [0, 0.05) is 12.5 Å². The number of esters is 1. The van der Waals surface area contributed by atoms with E-state index in [1.807, 2.05) is 13.0 Å². The van der Waals surface area contributed by atoms with Crippen molar-refractivity contribution in [1.82, 2.24) is 0 Å². The molecule has 3 fully saturated rings. The zero-order chi connectivity index (χ0) is 22.3. The normalized spacial score (nSPS) is 37.3. The first-order chi connectivity index (χ1) is 15.5. The number of hydrogen-bond acceptors (Lipinski definition) is 4. The van der Waals surface area contributed by atoms with E-state index in [4.69, 9.17) is 14.2 Å². The summed E-state index contributed by atoms with van der Waals surface area (Å²) in [6.07, 6.45) is 10.7. The number of hydrogen-bond donors (Lipinski definition) is 0. The smallest absolute Gasteiger partial charge is 0.330 e. The highest BCUT2D eigenvalue weighted by atomic mass is 16.7. The van der Waals surface area contributed by atoms with Gasteiger partial charge in [0.05, 0.1) is 13.2 Å². The minimum absolute atomic E-state index is 0.0888. The molecule has 4 heteroatoms. The molecule has 0 N–H and O–H groups in total. The van der Waals surface area contributed by atoms with Crippen LogP contribution in [0, 0.1) is 23.2 Å². The first-order valence-electron chi connectivity index (χ1n) is 12.8. The van der Waals surface area contributed by atoms with Crippen LogP contribution in [-0.2, 0) is 20.7 Å². The summed E-state index contributed by atoms with van der Waals surface area (Å²) in [6.45, 7) is 7.98. The van der Waals surface area contributed by atoms with E-state index in [0.29, 0.717) is 30.3 Å². The number of ether oxygens (including phenoxy) is 3. The molecule has 32 heavy (non-hydrogen) atoms. The van der Waals surface area contributed by atoms with Crippen LogP contribution in [-0.4, -0.2) is 25.5 Å². The van der Waals surface area contributed by atoms with Gasteiger partial charge < -0.3 is 14.2 Å². The molecule has 2 saturated carbocycles. The molecule has 1 aromatic carbocycles. The van der Waals surface area contributed by atoms with Crippen LogP contribution in [0.1, 0.15) is 82.8 Å². The lowest BCUT2D eigenvalue weighted by Crippen LogP contribution is -2.43. The van der Waals surface area contributed by atoms with Gasteiger partial charge in [-0.25, -0.2) is 4.79 Å². The zero-order valence-corrected chi connectivity index (χ0v) is 19.9. The monoisotopic (exact) mass is 438 g/mol. The Balaban J connectivity index is 1.37. The summed E-state index contributed by atoms with van der Waals surface area (Å²) < 4.78 is 17.2. The molecule has 5 unspecified atom stereocenters. The van der Waals surface area contributed by atoms with E-state index in [2.05, 4.69) is 32.0 Å².